The molecule has 1 aromatic heterocycles. The third-order valence-electron chi connectivity index (χ3n) is 2.03. The van der Waals surface area contributed by atoms with Crippen LogP contribution in [0.4, 0.5) is 0 Å². The number of aliphatic hydroxyl groups excluding tert-OH is 1. The van der Waals surface area contributed by atoms with Gasteiger partial charge in [0.05, 0.1) is 12.3 Å². The van der Waals surface area contributed by atoms with Crippen molar-refractivity contribution in [3.05, 3.63) is 10.6 Å². The number of carboxylic acids is 1. The number of nitrogens with one attached hydrogen (secondary N) is 1. The molecule has 1 amide bonds. The second kappa shape index (κ2) is 6.26. The second-order valence-electron chi connectivity index (χ2n) is 3.35. The number of aromatic nitrogens is 2. The van der Waals surface area contributed by atoms with E-state index in [1.165, 1.54) is 0 Å². The summed E-state index contributed by atoms with van der Waals surface area (Å²) in [6, 6.07) is -1.31. The number of carboxylic acid groups (broad SMARTS) is 1. The predicted octanol–water partition coefficient (Wildman–Crippen LogP) is -0.334. The van der Waals surface area contributed by atoms with E-state index in [2.05, 4.69) is 14.9 Å². The first-order valence-electron chi connectivity index (χ1n) is 5.05. The van der Waals surface area contributed by atoms with Crippen LogP contribution in [-0.2, 0) is 11.2 Å². The average molecular weight is 259 g/mol. The molecule has 0 fully saturated rings. The van der Waals surface area contributed by atoms with Gasteiger partial charge in [-0.05, 0) is 18.0 Å². The largest absolute Gasteiger partial charge is 0.480 e. The van der Waals surface area contributed by atoms with Crippen LogP contribution < -0.4 is 5.32 Å². The summed E-state index contributed by atoms with van der Waals surface area (Å²) in [4.78, 5) is 22.7. The number of carbonyl (C=O) groups is 2. The number of carbonyl (C=O) groups excluding carboxylic acids is 1. The maximum absolute atomic E-state index is 11.7. The summed E-state index contributed by atoms with van der Waals surface area (Å²) in [6.45, 7) is 1.28. The Kier molecular flexibility index (Phi) is 4.98. The molecule has 94 valence electrons. The molecule has 8 heteroatoms. The van der Waals surface area contributed by atoms with E-state index in [-0.39, 0.29) is 0 Å². The molecule has 1 heterocycles. The molecule has 0 aliphatic rings. The van der Waals surface area contributed by atoms with Gasteiger partial charge in [-0.3, -0.25) is 4.79 Å². The van der Waals surface area contributed by atoms with E-state index in [0.29, 0.717) is 17.0 Å². The molecule has 1 rings (SSSR count). The summed E-state index contributed by atoms with van der Waals surface area (Å²) < 4.78 is 3.66. The number of aryl methyl sites for hydroxylation is 1. The molecule has 1 aromatic rings. The van der Waals surface area contributed by atoms with E-state index >= 15 is 0 Å². The Morgan fingerprint density at radius 1 is 1.53 bits per heavy atom. The van der Waals surface area contributed by atoms with Gasteiger partial charge in [0.2, 0.25) is 0 Å². The van der Waals surface area contributed by atoms with Gasteiger partial charge in [-0.25, -0.2) is 4.79 Å². The molecule has 0 bridgehead atoms. The summed E-state index contributed by atoms with van der Waals surface area (Å²) in [5, 5.41) is 23.5. The number of amides is 1. The van der Waals surface area contributed by atoms with Crippen LogP contribution in [0.1, 0.15) is 28.7 Å². The van der Waals surface area contributed by atoms with Crippen molar-refractivity contribution < 1.29 is 19.8 Å². The first kappa shape index (κ1) is 13.5. The zero-order valence-corrected chi connectivity index (χ0v) is 10.0. The number of aliphatic hydroxyl groups is 1. The predicted molar refractivity (Wildman–Crippen MR) is 59.9 cm³/mol. The molecule has 0 aliphatic heterocycles. The zero-order valence-electron chi connectivity index (χ0n) is 9.21. The van der Waals surface area contributed by atoms with E-state index in [0.717, 1.165) is 18.0 Å². The normalized spacial score (nSPS) is 12.1. The molecule has 7 nitrogen and oxygen atoms in total. The van der Waals surface area contributed by atoms with Crippen LogP contribution in [0.2, 0.25) is 0 Å². The van der Waals surface area contributed by atoms with Gasteiger partial charge in [-0.15, -0.1) is 5.10 Å². The van der Waals surface area contributed by atoms with Gasteiger partial charge in [0.15, 0.2) is 6.04 Å². The van der Waals surface area contributed by atoms with Crippen molar-refractivity contribution in [3.63, 3.8) is 0 Å². The highest BCUT2D eigenvalue weighted by Crippen LogP contribution is 2.12. The topological polar surface area (TPSA) is 112 Å². The minimum atomic E-state index is -1.31. The maximum Gasteiger partial charge on any atom is 0.328 e. The molecule has 0 spiro atoms. The van der Waals surface area contributed by atoms with Gasteiger partial charge < -0.3 is 15.5 Å². The van der Waals surface area contributed by atoms with Crippen molar-refractivity contribution in [2.75, 3.05) is 6.61 Å². The van der Waals surface area contributed by atoms with E-state index in [1.807, 2.05) is 6.92 Å². The summed E-state index contributed by atoms with van der Waals surface area (Å²) >= 11 is 0.914. The Bertz CT molecular complexity index is 407. The number of hydrogen-bond donors (Lipinski definition) is 3. The standard InChI is InChI=1S/C9H13N3O4S/c1-2-3-5-7(17-12-11-5)8(14)10-6(4-13)9(15)16/h6,13H,2-4H2,1H3,(H,10,14)(H,15,16)/t6-/m0/s1. The van der Waals surface area contributed by atoms with E-state index in [9.17, 15) is 9.59 Å². The fourth-order valence-corrected chi connectivity index (χ4v) is 1.80. The third-order valence-corrected chi connectivity index (χ3v) is 2.80. The first-order chi connectivity index (χ1) is 8.10. The lowest BCUT2D eigenvalue weighted by Gasteiger charge is -2.10. The van der Waals surface area contributed by atoms with E-state index in [1.54, 1.807) is 0 Å². The number of hydrogen-bond acceptors (Lipinski definition) is 6. The van der Waals surface area contributed by atoms with Crippen LogP contribution in [0.5, 0.6) is 0 Å². The van der Waals surface area contributed by atoms with Crippen LogP contribution in [0.15, 0.2) is 0 Å². The smallest absolute Gasteiger partial charge is 0.328 e. The molecule has 17 heavy (non-hydrogen) atoms. The molecule has 0 unspecified atom stereocenters. The number of rotatable bonds is 6. The van der Waals surface area contributed by atoms with Gasteiger partial charge in [-0.2, -0.15) is 0 Å². The van der Waals surface area contributed by atoms with Gasteiger partial charge in [-0.1, -0.05) is 17.8 Å². The Labute approximate surface area is 102 Å². The van der Waals surface area contributed by atoms with Gasteiger partial charge in [0, 0.05) is 0 Å². The van der Waals surface area contributed by atoms with Crippen LogP contribution in [0, 0.1) is 0 Å². The minimum absolute atomic E-state index is 0.298. The molecule has 3 N–H and O–H groups in total. The Morgan fingerprint density at radius 3 is 2.76 bits per heavy atom. The van der Waals surface area contributed by atoms with Gasteiger partial charge in [0.25, 0.3) is 5.91 Å². The van der Waals surface area contributed by atoms with Gasteiger partial charge >= 0.3 is 5.97 Å². The van der Waals surface area contributed by atoms with Crippen molar-refractivity contribution in [2.24, 2.45) is 0 Å². The summed E-state index contributed by atoms with van der Waals surface area (Å²) in [6.07, 6.45) is 1.42. The minimum Gasteiger partial charge on any atom is -0.480 e. The van der Waals surface area contributed by atoms with Crippen molar-refractivity contribution in [1.82, 2.24) is 14.9 Å². The van der Waals surface area contributed by atoms with Crippen molar-refractivity contribution >= 4 is 23.4 Å². The zero-order chi connectivity index (χ0) is 12.8. The van der Waals surface area contributed by atoms with E-state index in [4.69, 9.17) is 10.2 Å². The van der Waals surface area contributed by atoms with Crippen LogP contribution >= 0.6 is 11.5 Å². The number of nitrogens with zero attached hydrogens (tertiary/aromatic N) is 2. The molecule has 0 radical (unpaired) electrons. The molecule has 0 saturated heterocycles. The molecule has 1 atom stereocenters. The lowest BCUT2D eigenvalue weighted by atomic mass is 10.2. The lowest BCUT2D eigenvalue weighted by Crippen LogP contribution is -2.43. The van der Waals surface area contributed by atoms with Crippen molar-refractivity contribution in [2.45, 2.75) is 25.8 Å². The Balaban J connectivity index is 2.75. The first-order valence-corrected chi connectivity index (χ1v) is 5.83. The Hall–Kier alpha value is -1.54. The molecule has 0 saturated carbocycles. The summed E-state index contributed by atoms with van der Waals surface area (Å²) in [5.41, 5.74) is 0.553. The molecular formula is C9H13N3O4S. The summed E-state index contributed by atoms with van der Waals surface area (Å²) in [5.74, 6) is -1.85. The lowest BCUT2D eigenvalue weighted by molar-refractivity contribution is -0.140. The fourth-order valence-electron chi connectivity index (χ4n) is 1.19. The third kappa shape index (κ3) is 3.46. The maximum atomic E-state index is 11.7. The molecular weight excluding hydrogens is 246 g/mol. The van der Waals surface area contributed by atoms with Crippen LogP contribution in [0.3, 0.4) is 0 Å². The number of aliphatic carboxylic acids is 1. The van der Waals surface area contributed by atoms with E-state index < -0.39 is 24.5 Å². The fraction of sp³-hybridized carbons (Fsp3) is 0.556. The monoisotopic (exact) mass is 259 g/mol. The van der Waals surface area contributed by atoms with Crippen molar-refractivity contribution in [3.8, 4) is 0 Å². The second-order valence-corrected chi connectivity index (χ2v) is 4.10. The Morgan fingerprint density at radius 2 is 2.24 bits per heavy atom. The highest BCUT2D eigenvalue weighted by Gasteiger charge is 2.22. The summed E-state index contributed by atoms with van der Waals surface area (Å²) in [7, 11) is 0. The molecule has 0 aliphatic carbocycles. The molecule has 0 aromatic carbocycles. The average Bonchev–Trinajstić information content (AvgIpc) is 2.74. The SMILES string of the molecule is CCCc1nnsc1C(=O)N[C@@H](CO)C(=O)O. The van der Waals surface area contributed by atoms with Crippen LogP contribution in [0.25, 0.3) is 0 Å². The van der Waals surface area contributed by atoms with Crippen LogP contribution in [-0.4, -0.2) is 44.3 Å². The highest BCUT2D eigenvalue weighted by molar-refractivity contribution is 7.08. The van der Waals surface area contributed by atoms with Crippen molar-refractivity contribution in [1.29, 1.82) is 0 Å². The quantitative estimate of drug-likeness (QED) is 0.644. The van der Waals surface area contributed by atoms with Gasteiger partial charge in [0.1, 0.15) is 4.88 Å². The highest BCUT2D eigenvalue weighted by atomic mass is 32.1.